The highest BCUT2D eigenvalue weighted by atomic mass is 35.5. The minimum absolute atomic E-state index is 0. The fraction of sp³-hybridized carbons (Fsp3) is 1.00. The molecule has 36 valence electrons. The molecule has 0 aromatic rings. The van der Waals surface area contributed by atoms with Crippen molar-refractivity contribution in [2.24, 2.45) is 0 Å². The molecule has 6 heavy (non-hydrogen) atoms. The van der Waals surface area contributed by atoms with E-state index in [4.69, 9.17) is 0 Å². The van der Waals surface area contributed by atoms with Crippen molar-refractivity contribution < 1.29 is 0 Å². The molecule has 0 aliphatic carbocycles. The van der Waals surface area contributed by atoms with E-state index in [1.54, 1.807) is 0 Å². The van der Waals surface area contributed by atoms with E-state index in [9.17, 15) is 0 Å². The maximum Gasteiger partial charge on any atom is 0.123 e. The van der Waals surface area contributed by atoms with Crippen molar-refractivity contribution in [3.05, 3.63) is 0 Å². The van der Waals surface area contributed by atoms with Crippen LogP contribution in [0, 0.1) is 0 Å². The third-order valence-corrected chi connectivity index (χ3v) is 1.12. The predicted molar refractivity (Wildman–Crippen MR) is 32.7 cm³/mol. The highest BCUT2D eigenvalue weighted by Gasteiger charge is 1.79. The van der Waals surface area contributed by atoms with Gasteiger partial charge >= 0.3 is 0 Å². The zero-order valence-corrected chi connectivity index (χ0v) is 6.24. The lowest BCUT2D eigenvalue weighted by molar-refractivity contribution is 0.880. The van der Waals surface area contributed by atoms with Crippen molar-refractivity contribution in [3.8, 4) is 0 Å². The Morgan fingerprint density at radius 2 is 1.83 bits per heavy atom. The summed E-state index contributed by atoms with van der Waals surface area (Å²) in [6.45, 7) is 4.36. The van der Waals surface area contributed by atoms with E-state index in [2.05, 4.69) is 30.1 Å². The molecule has 1 atom stereocenters. The number of hydrogen-bond acceptors (Lipinski definition) is 0. The maximum atomic E-state index is 2.73. The fourth-order valence-electron chi connectivity index (χ4n) is 0. The Morgan fingerprint density at radius 3 is 1.83 bits per heavy atom. The molecule has 0 saturated heterocycles. The van der Waals surface area contributed by atoms with Crippen LogP contribution in [0.2, 0.25) is 4.78 Å². The van der Waals surface area contributed by atoms with Crippen molar-refractivity contribution in [3.63, 3.8) is 0 Å². The van der Waals surface area contributed by atoms with Crippen LogP contribution in [-0.2, 0) is 0 Å². The largest absolute Gasteiger partial charge is 0.147 e. The Kier molecular flexibility index (Phi) is 9.65. The molecular weight excluding hydrogens is 110 g/mol. The van der Waals surface area contributed by atoms with E-state index >= 15 is 0 Å². The molecule has 0 aromatic heterocycles. The van der Waals surface area contributed by atoms with Crippen LogP contribution in [0.5, 0.6) is 0 Å². The van der Waals surface area contributed by atoms with Gasteiger partial charge in [-0.1, -0.05) is 20.3 Å². The molecule has 0 aromatic carbocycles. The molecule has 0 bridgehead atoms. The van der Waals surface area contributed by atoms with Gasteiger partial charge in [-0.05, 0) is 0 Å². The van der Waals surface area contributed by atoms with Crippen molar-refractivity contribution in [1.82, 2.24) is 0 Å². The molecule has 0 fully saturated rings. The van der Waals surface area contributed by atoms with Crippen LogP contribution in [0.4, 0.5) is 0 Å². The molecule has 0 spiro atoms. The van der Waals surface area contributed by atoms with Crippen molar-refractivity contribution in [2.45, 2.75) is 25.0 Å². The summed E-state index contributed by atoms with van der Waals surface area (Å²) in [4.78, 5) is 0. The molecule has 0 amide bonds. The molecule has 1 unspecified atom stereocenters. The van der Waals surface area contributed by atoms with Crippen LogP contribution < -0.4 is 0 Å². The monoisotopic (exact) mass is 120 g/mol. The summed E-state index contributed by atoms with van der Waals surface area (Å²) in [5, 5.41) is 0. The molecule has 0 aliphatic rings. The first-order chi connectivity index (χ1) is 2.27. The second kappa shape index (κ2) is 5.82. The van der Waals surface area contributed by atoms with Crippen LogP contribution in [0.3, 0.4) is 0 Å². The average Bonchev–Trinajstić information content (AvgIpc) is 1.38. The summed E-state index contributed by atoms with van der Waals surface area (Å²) in [5.41, 5.74) is 0. The fourth-order valence-corrected chi connectivity index (χ4v) is 0. The molecule has 0 rings (SSSR count). The summed E-state index contributed by atoms with van der Waals surface area (Å²) in [5.74, 6) is 0. The number of halogens is 1. The second-order valence-corrected chi connectivity index (χ2v) is 2.52. The van der Waals surface area contributed by atoms with Crippen molar-refractivity contribution in [1.29, 1.82) is 0 Å². The standard InChI is InChI=1S/C4H9.Al.ClH/c1-3-4-2;;/h3H,4H2,1-2H3;;1H. The lowest BCUT2D eigenvalue weighted by Gasteiger charge is -1.91. The quantitative estimate of drug-likeness (QED) is 0.463. The van der Waals surface area contributed by atoms with E-state index in [0.29, 0.717) is 0 Å². The van der Waals surface area contributed by atoms with Crippen LogP contribution in [-0.4, -0.2) is 16.3 Å². The summed E-state index contributed by atoms with van der Waals surface area (Å²) in [7, 11) is 0. The highest BCUT2D eigenvalue weighted by Crippen LogP contribution is 1.97. The molecule has 2 heteroatoms. The maximum absolute atomic E-state index is 2.73. The second-order valence-electron chi connectivity index (χ2n) is 1.39. The normalized spacial score (nSPS) is 12.3. The summed E-state index contributed by atoms with van der Waals surface area (Å²) < 4.78 is 0.801. The van der Waals surface area contributed by atoms with Crippen LogP contribution in [0.25, 0.3) is 0 Å². The van der Waals surface area contributed by atoms with Gasteiger partial charge in [0.2, 0.25) is 0 Å². The molecule has 0 aliphatic heterocycles. The predicted octanol–water partition coefficient (Wildman–Crippen LogP) is 1.80. The van der Waals surface area contributed by atoms with Crippen LogP contribution in [0.15, 0.2) is 0 Å². The van der Waals surface area contributed by atoms with E-state index in [0.717, 1.165) is 4.78 Å². The molecule has 2 radical (unpaired) electrons. The Hall–Kier alpha value is 0.822. The van der Waals surface area contributed by atoms with Crippen molar-refractivity contribution in [2.75, 3.05) is 0 Å². The smallest absolute Gasteiger partial charge is 0.123 e. The third kappa shape index (κ3) is 8.85. The van der Waals surface area contributed by atoms with Gasteiger partial charge in [-0.2, -0.15) is 0 Å². The highest BCUT2D eigenvalue weighted by molar-refractivity contribution is 6.11. The zero-order valence-electron chi connectivity index (χ0n) is 4.27. The number of rotatable bonds is 1. The first kappa shape index (κ1) is 9.95. The first-order valence-corrected chi connectivity index (χ1v) is 2.69. The molecule has 0 heterocycles. The zero-order chi connectivity index (χ0) is 4.28. The van der Waals surface area contributed by atoms with E-state index < -0.39 is 0 Å². The average molecular weight is 121 g/mol. The topological polar surface area (TPSA) is 0 Å². The van der Waals surface area contributed by atoms with Gasteiger partial charge in [0, 0.05) is 0 Å². The number of hydrogen-bond donors (Lipinski definition) is 0. The summed E-state index contributed by atoms with van der Waals surface area (Å²) in [6, 6.07) is 0. The third-order valence-electron chi connectivity index (χ3n) is 0.644. The Labute approximate surface area is 54.1 Å². The van der Waals surface area contributed by atoms with Crippen LogP contribution in [0.1, 0.15) is 20.3 Å². The van der Waals surface area contributed by atoms with Gasteiger partial charge in [0.15, 0.2) is 0 Å². The van der Waals surface area contributed by atoms with E-state index in [-0.39, 0.29) is 12.4 Å². The minimum Gasteiger partial charge on any atom is -0.147 e. The van der Waals surface area contributed by atoms with Gasteiger partial charge in [0.25, 0.3) is 0 Å². The van der Waals surface area contributed by atoms with Gasteiger partial charge in [-0.25, -0.2) is 0 Å². The Balaban J connectivity index is 0. The lowest BCUT2D eigenvalue weighted by Crippen LogP contribution is -1.76. The van der Waals surface area contributed by atoms with E-state index in [1.807, 2.05) is 0 Å². The van der Waals surface area contributed by atoms with Gasteiger partial charge in [0.1, 0.15) is 16.3 Å². The van der Waals surface area contributed by atoms with Gasteiger partial charge < -0.3 is 0 Å². The molecule has 0 nitrogen and oxygen atoms in total. The van der Waals surface area contributed by atoms with Crippen LogP contribution >= 0.6 is 12.4 Å². The summed E-state index contributed by atoms with van der Waals surface area (Å²) in [6.07, 6.45) is 1.27. The van der Waals surface area contributed by atoms with E-state index in [1.165, 1.54) is 6.42 Å². The summed E-state index contributed by atoms with van der Waals surface area (Å²) >= 11 is 2.73. The molecular formula is C4H10AlCl. The Morgan fingerprint density at radius 1 is 1.67 bits per heavy atom. The SMILES string of the molecule is CC[CH](C)[Al].Cl. The first-order valence-electron chi connectivity index (χ1n) is 2.03. The lowest BCUT2D eigenvalue weighted by atomic mass is 10.4. The minimum atomic E-state index is 0. The van der Waals surface area contributed by atoms with Gasteiger partial charge in [-0.15, -0.1) is 17.2 Å². The molecule has 0 saturated carbocycles. The van der Waals surface area contributed by atoms with Gasteiger partial charge in [-0.3, -0.25) is 0 Å². The van der Waals surface area contributed by atoms with Crippen molar-refractivity contribution >= 4 is 28.7 Å². The Bertz CT molecular complexity index is 21.5. The molecule has 0 N–H and O–H groups in total. The van der Waals surface area contributed by atoms with Gasteiger partial charge in [0.05, 0.1) is 0 Å².